The third kappa shape index (κ3) is 2.05. The molecular weight excluding hydrogens is 195 g/mol. The van der Waals surface area contributed by atoms with Gasteiger partial charge in [0, 0.05) is 5.56 Å². The molecule has 0 aliphatic rings. The van der Waals surface area contributed by atoms with Gasteiger partial charge >= 0.3 is 0 Å². The standard InChI is InChI=1S/C11H11FN2O/c1-13-11(8-4-5-15-7-8)10-3-2-9(12)6-14-10/h2-7,11,13H,1H3. The van der Waals surface area contributed by atoms with Gasteiger partial charge < -0.3 is 9.73 Å². The number of furan rings is 1. The summed E-state index contributed by atoms with van der Waals surface area (Å²) in [5, 5.41) is 3.10. The maximum Gasteiger partial charge on any atom is 0.141 e. The van der Waals surface area contributed by atoms with E-state index in [1.807, 2.05) is 13.1 Å². The zero-order valence-electron chi connectivity index (χ0n) is 8.27. The van der Waals surface area contributed by atoms with Crippen LogP contribution in [0.5, 0.6) is 0 Å². The highest BCUT2D eigenvalue weighted by Crippen LogP contribution is 2.19. The van der Waals surface area contributed by atoms with Crippen LogP contribution in [-0.4, -0.2) is 12.0 Å². The molecule has 2 rings (SSSR count). The molecule has 2 aromatic heterocycles. The van der Waals surface area contributed by atoms with Crippen molar-refractivity contribution in [3.8, 4) is 0 Å². The van der Waals surface area contributed by atoms with E-state index in [1.54, 1.807) is 18.6 Å². The van der Waals surface area contributed by atoms with Gasteiger partial charge in [-0.05, 0) is 25.2 Å². The van der Waals surface area contributed by atoms with Crippen LogP contribution in [0.25, 0.3) is 0 Å². The topological polar surface area (TPSA) is 38.1 Å². The highest BCUT2D eigenvalue weighted by atomic mass is 19.1. The molecule has 0 spiro atoms. The predicted molar refractivity (Wildman–Crippen MR) is 53.8 cm³/mol. The van der Waals surface area contributed by atoms with Gasteiger partial charge in [0.1, 0.15) is 5.82 Å². The molecule has 1 unspecified atom stereocenters. The third-order valence-corrected chi connectivity index (χ3v) is 2.21. The number of hydrogen-bond acceptors (Lipinski definition) is 3. The SMILES string of the molecule is CNC(c1ccoc1)c1ccc(F)cn1. The summed E-state index contributed by atoms with van der Waals surface area (Å²) in [6, 6.07) is 4.84. The van der Waals surface area contributed by atoms with E-state index in [0.29, 0.717) is 0 Å². The maximum absolute atomic E-state index is 12.7. The molecule has 0 saturated heterocycles. The largest absolute Gasteiger partial charge is 0.472 e. The van der Waals surface area contributed by atoms with E-state index < -0.39 is 0 Å². The van der Waals surface area contributed by atoms with Crippen molar-refractivity contribution in [1.29, 1.82) is 0 Å². The van der Waals surface area contributed by atoms with Gasteiger partial charge in [-0.2, -0.15) is 0 Å². The molecule has 4 heteroatoms. The lowest BCUT2D eigenvalue weighted by atomic mass is 10.1. The van der Waals surface area contributed by atoms with Crippen molar-refractivity contribution in [3.05, 3.63) is 54.0 Å². The number of halogens is 1. The van der Waals surface area contributed by atoms with Crippen LogP contribution < -0.4 is 5.32 Å². The summed E-state index contributed by atoms with van der Waals surface area (Å²) in [5.74, 6) is -0.333. The molecule has 0 aromatic carbocycles. The van der Waals surface area contributed by atoms with Crippen molar-refractivity contribution in [2.24, 2.45) is 0 Å². The molecule has 1 N–H and O–H groups in total. The number of rotatable bonds is 3. The Morgan fingerprint density at radius 3 is 2.80 bits per heavy atom. The van der Waals surface area contributed by atoms with Crippen LogP contribution in [0, 0.1) is 5.82 Å². The Morgan fingerprint density at radius 2 is 2.27 bits per heavy atom. The molecule has 0 saturated carbocycles. The zero-order chi connectivity index (χ0) is 10.7. The van der Waals surface area contributed by atoms with Crippen LogP contribution in [-0.2, 0) is 0 Å². The molecule has 3 nitrogen and oxygen atoms in total. The average Bonchev–Trinajstić information content (AvgIpc) is 2.75. The molecule has 15 heavy (non-hydrogen) atoms. The number of nitrogens with one attached hydrogen (secondary N) is 1. The molecule has 2 aromatic rings. The highest BCUT2D eigenvalue weighted by molar-refractivity contribution is 5.24. The van der Waals surface area contributed by atoms with E-state index in [2.05, 4.69) is 10.3 Å². The van der Waals surface area contributed by atoms with Gasteiger partial charge in [0.05, 0.1) is 30.5 Å². The second-order valence-corrected chi connectivity index (χ2v) is 3.18. The fourth-order valence-electron chi connectivity index (χ4n) is 1.48. The van der Waals surface area contributed by atoms with Crippen LogP contribution in [0.3, 0.4) is 0 Å². The van der Waals surface area contributed by atoms with Gasteiger partial charge in [0.25, 0.3) is 0 Å². The normalized spacial score (nSPS) is 12.7. The Balaban J connectivity index is 2.31. The van der Waals surface area contributed by atoms with Crippen LogP contribution in [0.1, 0.15) is 17.3 Å². The van der Waals surface area contributed by atoms with Crippen molar-refractivity contribution in [1.82, 2.24) is 10.3 Å². The molecule has 0 aliphatic carbocycles. The van der Waals surface area contributed by atoms with Crippen LogP contribution >= 0.6 is 0 Å². The smallest absolute Gasteiger partial charge is 0.141 e. The first-order valence-electron chi connectivity index (χ1n) is 4.62. The summed E-state index contributed by atoms with van der Waals surface area (Å²) in [4.78, 5) is 4.03. The van der Waals surface area contributed by atoms with Crippen molar-refractivity contribution < 1.29 is 8.81 Å². The van der Waals surface area contributed by atoms with Gasteiger partial charge in [0.15, 0.2) is 0 Å². The van der Waals surface area contributed by atoms with Crippen molar-refractivity contribution >= 4 is 0 Å². The lowest BCUT2D eigenvalue weighted by molar-refractivity contribution is 0.555. The van der Waals surface area contributed by atoms with Crippen molar-refractivity contribution in [3.63, 3.8) is 0 Å². The first-order chi connectivity index (χ1) is 7.31. The van der Waals surface area contributed by atoms with Gasteiger partial charge in [-0.15, -0.1) is 0 Å². The molecule has 0 amide bonds. The monoisotopic (exact) mass is 206 g/mol. The van der Waals surface area contributed by atoms with E-state index >= 15 is 0 Å². The second kappa shape index (κ2) is 4.23. The number of hydrogen-bond donors (Lipinski definition) is 1. The highest BCUT2D eigenvalue weighted by Gasteiger charge is 2.13. The predicted octanol–water partition coefficient (Wildman–Crippen LogP) is 2.12. The van der Waals surface area contributed by atoms with Crippen LogP contribution in [0.15, 0.2) is 41.3 Å². The van der Waals surface area contributed by atoms with Crippen LogP contribution in [0.2, 0.25) is 0 Å². The van der Waals surface area contributed by atoms with E-state index in [0.717, 1.165) is 11.3 Å². The van der Waals surface area contributed by atoms with Gasteiger partial charge in [-0.3, -0.25) is 4.98 Å². The Bertz CT molecular complexity index is 411. The van der Waals surface area contributed by atoms with Crippen molar-refractivity contribution in [2.75, 3.05) is 7.05 Å². The summed E-state index contributed by atoms with van der Waals surface area (Å²) < 4.78 is 17.7. The second-order valence-electron chi connectivity index (χ2n) is 3.18. The fraction of sp³-hybridized carbons (Fsp3) is 0.182. The Morgan fingerprint density at radius 1 is 1.40 bits per heavy atom. The number of nitrogens with zero attached hydrogens (tertiary/aromatic N) is 1. The minimum atomic E-state index is -0.333. The number of pyridine rings is 1. The lowest BCUT2D eigenvalue weighted by Crippen LogP contribution is -2.18. The Labute approximate surface area is 86.9 Å². The molecule has 0 bridgehead atoms. The van der Waals surface area contributed by atoms with E-state index in [4.69, 9.17) is 4.42 Å². The zero-order valence-corrected chi connectivity index (χ0v) is 8.27. The van der Waals surface area contributed by atoms with E-state index in [1.165, 1.54) is 12.3 Å². The summed E-state index contributed by atoms with van der Waals surface area (Å²) in [6.45, 7) is 0. The molecule has 0 radical (unpaired) electrons. The maximum atomic E-state index is 12.7. The van der Waals surface area contributed by atoms with Crippen LogP contribution in [0.4, 0.5) is 4.39 Å². The molecule has 2 heterocycles. The Hall–Kier alpha value is -1.68. The summed E-state index contributed by atoms with van der Waals surface area (Å²) >= 11 is 0. The minimum absolute atomic E-state index is 0.0654. The van der Waals surface area contributed by atoms with Gasteiger partial charge in [-0.1, -0.05) is 0 Å². The third-order valence-electron chi connectivity index (χ3n) is 2.21. The fourth-order valence-corrected chi connectivity index (χ4v) is 1.48. The van der Waals surface area contributed by atoms with E-state index in [9.17, 15) is 4.39 Å². The quantitative estimate of drug-likeness (QED) is 0.835. The first kappa shape index (κ1) is 9.86. The molecule has 0 fully saturated rings. The summed E-state index contributed by atoms with van der Waals surface area (Å²) in [6.07, 6.45) is 4.45. The van der Waals surface area contributed by atoms with Gasteiger partial charge in [-0.25, -0.2) is 4.39 Å². The molecular formula is C11H11FN2O. The Kier molecular flexibility index (Phi) is 2.78. The van der Waals surface area contributed by atoms with E-state index in [-0.39, 0.29) is 11.9 Å². The number of aromatic nitrogens is 1. The van der Waals surface area contributed by atoms with Gasteiger partial charge in [0.2, 0.25) is 0 Å². The minimum Gasteiger partial charge on any atom is -0.472 e. The average molecular weight is 206 g/mol. The van der Waals surface area contributed by atoms with Crippen molar-refractivity contribution in [2.45, 2.75) is 6.04 Å². The molecule has 78 valence electrons. The lowest BCUT2D eigenvalue weighted by Gasteiger charge is -2.13. The first-order valence-corrected chi connectivity index (χ1v) is 4.62. The molecule has 0 aliphatic heterocycles. The summed E-state index contributed by atoms with van der Waals surface area (Å²) in [7, 11) is 1.82. The summed E-state index contributed by atoms with van der Waals surface area (Å²) in [5.41, 5.74) is 1.73. The molecule has 1 atom stereocenters.